The van der Waals surface area contributed by atoms with Crippen molar-refractivity contribution in [2.45, 2.75) is 32.2 Å². The number of hydrogen-bond acceptors (Lipinski definition) is 6. The van der Waals surface area contributed by atoms with E-state index in [2.05, 4.69) is 33.4 Å². The Morgan fingerprint density at radius 1 is 1.24 bits per heavy atom. The summed E-state index contributed by atoms with van der Waals surface area (Å²) in [5.41, 5.74) is 1.06. The fourth-order valence-electron chi connectivity index (χ4n) is 2.09. The molecule has 0 saturated carbocycles. The van der Waals surface area contributed by atoms with Crippen LogP contribution in [0.4, 0.5) is 0 Å². The first-order valence-electron chi connectivity index (χ1n) is 7.08. The summed E-state index contributed by atoms with van der Waals surface area (Å²) >= 11 is 1.73. The zero-order chi connectivity index (χ0) is 14.7. The molecule has 3 rings (SSSR count). The van der Waals surface area contributed by atoms with Crippen molar-refractivity contribution in [2.75, 3.05) is 7.05 Å². The number of nitrogens with one attached hydrogen (secondary N) is 1. The van der Waals surface area contributed by atoms with Crippen LogP contribution < -0.4 is 5.32 Å². The van der Waals surface area contributed by atoms with Gasteiger partial charge < -0.3 is 9.84 Å². The molecule has 3 aromatic rings. The molecule has 1 aromatic carbocycles. The molecular formula is C15H18N4OS. The Balaban J connectivity index is 1.62. The summed E-state index contributed by atoms with van der Waals surface area (Å²) in [7, 11) is 1.93. The summed E-state index contributed by atoms with van der Waals surface area (Å²) in [5.74, 6) is 1.45. The maximum Gasteiger partial charge on any atom is 0.227 e. The van der Waals surface area contributed by atoms with Gasteiger partial charge in [0.15, 0.2) is 5.82 Å². The van der Waals surface area contributed by atoms with Gasteiger partial charge in [0.2, 0.25) is 5.89 Å². The van der Waals surface area contributed by atoms with Crippen LogP contribution in [0, 0.1) is 0 Å². The average Bonchev–Trinajstić information content (AvgIpc) is 3.10. The zero-order valence-corrected chi connectivity index (χ0v) is 13.0. The molecule has 1 atom stereocenters. The summed E-state index contributed by atoms with van der Waals surface area (Å²) in [4.78, 5) is 9.04. The van der Waals surface area contributed by atoms with E-state index in [4.69, 9.17) is 4.52 Å². The molecule has 2 heterocycles. The first kappa shape index (κ1) is 14.2. The quantitative estimate of drug-likeness (QED) is 0.758. The van der Waals surface area contributed by atoms with Gasteiger partial charge in [-0.1, -0.05) is 17.3 Å². The van der Waals surface area contributed by atoms with Crippen molar-refractivity contribution in [2.24, 2.45) is 0 Å². The molecule has 1 unspecified atom stereocenters. The van der Waals surface area contributed by atoms with Gasteiger partial charge in [-0.3, -0.25) is 0 Å². The van der Waals surface area contributed by atoms with E-state index in [9.17, 15) is 0 Å². The lowest BCUT2D eigenvalue weighted by atomic mass is 10.2. The Bertz CT molecular complexity index is 688. The number of para-hydroxylation sites is 1. The van der Waals surface area contributed by atoms with Crippen LogP contribution in [0.2, 0.25) is 0 Å². The topological polar surface area (TPSA) is 63.8 Å². The molecule has 21 heavy (non-hydrogen) atoms. The van der Waals surface area contributed by atoms with Crippen molar-refractivity contribution < 1.29 is 4.52 Å². The van der Waals surface area contributed by atoms with Gasteiger partial charge in [-0.25, -0.2) is 4.98 Å². The fraction of sp³-hybridized carbons (Fsp3) is 0.400. The Hall–Kier alpha value is -1.79. The van der Waals surface area contributed by atoms with Crippen molar-refractivity contribution in [3.05, 3.63) is 41.0 Å². The van der Waals surface area contributed by atoms with Gasteiger partial charge in [-0.15, -0.1) is 11.3 Å². The van der Waals surface area contributed by atoms with Crippen LogP contribution in [0.25, 0.3) is 10.2 Å². The number of aromatic nitrogens is 3. The third kappa shape index (κ3) is 3.46. The number of thiazole rings is 1. The van der Waals surface area contributed by atoms with Crippen molar-refractivity contribution in [3.63, 3.8) is 0 Å². The maximum absolute atomic E-state index is 5.29. The number of fused-ring (bicyclic) bond motifs is 1. The summed E-state index contributed by atoms with van der Waals surface area (Å²) in [6.07, 6.45) is 2.35. The van der Waals surface area contributed by atoms with Crippen LogP contribution in [-0.4, -0.2) is 28.2 Å². The molecule has 0 bridgehead atoms. The minimum Gasteiger partial charge on any atom is -0.339 e. The number of hydrogen-bond donors (Lipinski definition) is 1. The van der Waals surface area contributed by atoms with E-state index in [1.165, 1.54) is 4.70 Å². The van der Waals surface area contributed by atoms with Gasteiger partial charge in [-0.05, 0) is 26.1 Å². The minimum absolute atomic E-state index is 0.347. The molecule has 1 N–H and O–H groups in total. The number of aryl methyl sites for hydroxylation is 2. The molecule has 6 heteroatoms. The third-order valence-corrected chi connectivity index (χ3v) is 4.48. The van der Waals surface area contributed by atoms with Crippen LogP contribution in [0.5, 0.6) is 0 Å². The van der Waals surface area contributed by atoms with Gasteiger partial charge in [0.1, 0.15) is 0 Å². The standard InChI is InChI=1S/C15H18N4OS/c1-10(16-2)9-13-18-14(20-19-13)7-8-15-17-11-5-3-4-6-12(11)21-15/h3-6,10,16H,7-9H2,1-2H3. The Labute approximate surface area is 127 Å². The van der Waals surface area contributed by atoms with E-state index >= 15 is 0 Å². The molecule has 0 fully saturated rings. The first-order valence-corrected chi connectivity index (χ1v) is 7.89. The van der Waals surface area contributed by atoms with Gasteiger partial charge in [0.05, 0.1) is 15.2 Å². The van der Waals surface area contributed by atoms with Crippen molar-refractivity contribution in [3.8, 4) is 0 Å². The van der Waals surface area contributed by atoms with Gasteiger partial charge >= 0.3 is 0 Å². The van der Waals surface area contributed by atoms with Crippen molar-refractivity contribution in [1.29, 1.82) is 0 Å². The average molecular weight is 302 g/mol. The van der Waals surface area contributed by atoms with Crippen LogP contribution in [-0.2, 0) is 19.3 Å². The van der Waals surface area contributed by atoms with Crippen molar-refractivity contribution in [1.82, 2.24) is 20.4 Å². The predicted molar refractivity (Wildman–Crippen MR) is 83.6 cm³/mol. The first-order chi connectivity index (χ1) is 10.2. The Morgan fingerprint density at radius 3 is 2.90 bits per heavy atom. The summed E-state index contributed by atoms with van der Waals surface area (Å²) in [6.45, 7) is 2.09. The number of rotatable bonds is 6. The molecule has 0 spiro atoms. The predicted octanol–water partition coefficient (Wildman–Crippen LogP) is 2.61. The van der Waals surface area contributed by atoms with Crippen LogP contribution >= 0.6 is 11.3 Å². The Morgan fingerprint density at radius 2 is 2.10 bits per heavy atom. The van der Waals surface area contributed by atoms with Gasteiger partial charge in [0, 0.05) is 25.3 Å². The highest BCUT2D eigenvalue weighted by Crippen LogP contribution is 2.22. The molecule has 0 aliphatic carbocycles. The second kappa shape index (κ2) is 6.32. The molecule has 0 radical (unpaired) electrons. The lowest BCUT2D eigenvalue weighted by molar-refractivity contribution is 0.371. The molecule has 2 aromatic heterocycles. The largest absolute Gasteiger partial charge is 0.339 e. The van der Waals surface area contributed by atoms with E-state index in [1.807, 2.05) is 25.2 Å². The monoisotopic (exact) mass is 302 g/mol. The third-order valence-electron chi connectivity index (χ3n) is 3.38. The molecule has 5 nitrogen and oxygen atoms in total. The molecule has 0 saturated heterocycles. The smallest absolute Gasteiger partial charge is 0.227 e. The van der Waals surface area contributed by atoms with Crippen LogP contribution in [0.15, 0.2) is 28.8 Å². The second-order valence-electron chi connectivity index (χ2n) is 5.07. The normalized spacial score (nSPS) is 12.9. The molecule has 0 amide bonds. The highest BCUT2D eigenvalue weighted by Gasteiger charge is 2.10. The van der Waals surface area contributed by atoms with E-state index in [1.54, 1.807) is 11.3 Å². The van der Waals surface area contributed by atoms with E-state index < -0.39 is 0 Å². The zero-order valence-electron chi connectivity index (χ0n) is 12.2. The highest BCUT2D eigenvalue weighted by molar-refractivity contribution is 7.18. The van der Waals surface area contributed by atoms with E-state index in [0.29, 0.717) is 11.9 Å². The summed E-state index contributed by atoms with van der Waals surface area (Å²) < 4.78 is 6.52. The van der Waals surface area contributed by atoms with Crippen LogP contribution in [0.3, 0.4) is 0 Å². The van der Waals surface area contributed by atoms with E-state index in [0.717, 1.165) is 35.6 Å². The molecule has 0 aliphatic heterocycles. The van der Waals surface area contributed by atoms with Crippen LogP contribution in [0.1, 0.15) is 23.6 Å². The molecule has 0 aliphatic rings. The fourth-order valence-corrected chi connectivity index (χ4v) is 3.06. The number of benzene rings is 1. The lowest BCUT2D eigenvalue weighted by Gasteiger charge is -2.04. The SMILES string of the molecule is CNC(C)Cc1noc(CCc2nc3ccccc3s2)n1. The summed E-state index contributed by atoms with van der Waals surface area (Å²) in [5, 5.41) is 8.29. The Kier molecular flexibility index (Phi) is 4.26. The van der Waals surface area contributed by atoms with Gasteiger partial charge in [0.25, 0.3) is 0 Å². The minimum atomic E-state index is 0.347. The highest BCUT2D eigenvalue weighted by atomic mass is 32.1. The number of nitrogens with zero attached hydrogens (tertiary/aromatic N) is 3. The number of likely N-dealkylation sites (N-methyl/N-ethyl adjacent to an activating group) is 1. The second-order valence-corrected chi connectivity index (χ2v) is 6.19. The summed E-state index contributed by atoms with van der Waals surface area (Å²) in [6, 6.07) is 8.54. The molecule has 110 valence electrons. The lowest BCUT2D eigenvalue weighted by Crippen LogP contribution is -2.24. The van der Waals surface area contributed by atoms with E-state index in [-0.39, 0.29) is 0 Å². The maximum atomic E-state index is 5.29. The molecular weight excluding hydrogens is 284 g/mol. The van der Waals surface area contributed by atoms with Crippen molar-refractivity contribution >= 4 is 21.6 Å². The van der Waals surface area contributed by atoms with Gasteiger partial charge in [-0.2, -0.15) is 4.98 Å².